The molecule has 1 aliphatic rings. The number of nitriles is 1. The molecule has 3 rings (SSSR count). The molecule has 1 fully saturated rings. The summed E-state index contributed by atoms with van der Waals surface area (Å²) in [6, 6.07) is 12.3. The zero-order valence-electron chi connectivity index (χ0n) is 11.2. The van der Waals surface area contributed by atoms with Crippen LogP contribution in [0.2, 0.25) is 0 Å². The third-order valence-corrected chi connectivity index (χ3v) is 3.83. The molecule has 1 aromatic carbocycles. The maximum absolute atomic E-state index is 8.95. The lowest BCUT2D eigenvalue weighted by atomic mass is 10.1. The maximum atomic E-state index is 8.95. The van der Waals surface area contributed by atoms with Crippen LogP contribution in [0, 0.1) is 11.3 Å². The Morgan fingerprint density at radius 3 is 2.75 bits per heavy atom. The van der Waals surface area contributed by atoms with Crippen molar-refractivity contribution in [2.75, 3.05) is 17.2 Å². The van der Waals surface area contributed by atoms with E-state index in [0.29, 0.717) is 17.3 Å². The molecule has 0 saturated carbocycles. The van der Waals surface area contributed by atoms with Gasteiger partial charge in [0.15, 0.2) is 0 Å². The average molecular weight is 264 g/mol. The largest absolute Gasteiger partial charge is 0.398 e. The number of benzene rings is 1. The van der Waals surface area contributed by atoms with Gasteiger partial charge in [0.05, 0.1) is 17.3 Å². The molecule has 0 amide bonds. The minimum Gasteiger partial charge on any atom is -0.398 e. The predicted molar refractivity (Wildman–Crippen MR) is 79.1 cm³/mol. The fraction of sp³-hybridized carbons (Fsp3) is 0.250. The van der Waals surface area contributed by atoms with Gasteiger partial charge in [0, 0.05) is 24.6 Å². The number of hydrogen-bond donors (Lipinski definition) is 1. The molecule has 4 nitrogen and oxygen atoms in total. The van der Waals surface area contributed by atoms with E-state index in [2.05, 4.69) is 28.1 Å². The quantitative estimate of drug-likeness (QED) is 0.847. The summed E-state index contributed by atoms with van der Waals surface area (Å²) in [5.74, 6) is 0. The Labute approximate surface area is 118 Å². The fourth-order valence-electron chi connectivity index (χ4n) is 2.84. The Balaban J connectivity index is 1.93. The first-order chi connectivity index (χ1) is 9.79. The lowest BCUT2D eigenvalue weighted by Crippen LogP contribution is -2.22. The summed E-state index contributed by atoms with van der Waals surface area (Å²) in [6.45, 7) is 1.01. The number of aromatic nitrogens is 1. The van der Waals surface area contributed by atoms with Gasteiger partial charge in [-0.25, -0.2) is 0 Å². The van der Waals surface area contributed by atoms with Crippen molar-refractivity contribution >= 4 is 11.4 Å². The number of rotatable bonds is 2. The number of anilines is 2. The van der Waals surface area contributed by atoms with Crippen molar-refractivity contribution in [3.8, 4) is 6.07 Å². The molecule has 2 N–H and O–H groups in total. The smallest absolute Gasteiger partial charge is 0.101 e. The Morgan fingerprint density at radius 1 is 1.25 bits per heavy atom. The first-order valence-electron chi connectivity index (χ1n) is 6.76. The number of nitrogen functional groups attached to an aromatic ring is 1. The van der Waals surface area contributed by atoms with Gasteiger partial charge >= 0.3 is 0 Å². The molecule has 1 aliphatic heterocycles. The van der Waals surface area contributed by atoms with Gasteiger partial charge in [-0.2, -0.15) is 5.26 Å². The first kappa shape index (κ1) is 12.5. The van der Waals surface area contributed by atoms with Crippen LogP contribution in [-0.2, 0) is 0 Å². The van der Waals surface area contributed by atoms with E-state index in [1.54, 1.807) is 6.07 Å². The van der Waals surface area contributed by atoms with Crippen LogP contribution < -0.4 is 10.6 Å². The van der Waals surface area contributed by atoms with Gasteiger partial charge < -0.3 is 10.6 Å². The molecule has 2 aromatic rings. The van der Waals surface area contributed by atoms with Gasteiger partial charge in [0.1, 0.15) is 6.07 Å². The van der Waals surface area contributed by atoms with E-state index >= 15 is 0 Å². The highest BCUT2D eigenvalue weighted by Crippen LogP contribution is 2.36. The van der Waals surface area contributed by atoms with Crippen molar-refractivity contribution in [2.24, 2.45) is 0 Å². The van der Waals surface area contributed by atoms with Crippen LogP contribution in [0.15, 0.2) is 42.7 Å². The van der Waals surface area contributed by atoms with Crippen LogP contribution in [0.4, 0.5) is 11.4 Å². The van der Waals surface area contributed by atoms with E-state index < -0.39 is 0 Å². The second kappa shape index (κ2) is 5.22. The van der Waals surface area contributed by atoms with E-state index in [4.69, 9.17) is 11.0 Å². The Hall–Kier alpha value is -2.54. The van der Waals surface area contributed by atoms with Crippen molar-refractivity contribution in [1.29, 1.82) is 5.26 Å². The molecule has 1 saturated heterocycles. The van der Waals surface area contributed by atoms with E-state index in [1.165, 1.54) is 5.56 Å². The Kier molecular flexibility index (Phi) is 3.26. The summed E-state index contributed by atoms with van der Waals surface area (Å²) in [7, 11) is 0. The third-order valence-electron chi connectivity index (χ3n) is 3.83. The van der Waals surface area contributed by atoms with Crippen LogP contribution in [0.25, 0.3) is 0 Å². The SMILES string of the molecule is N#Cc1ccc(N2CCCC2c2ccncc2)cc1N. The third kappa shape index (κ3) is 2.19. The zero-order chi connectivity index (χ0) is 13.9. The zero-order valence-corrected chi connectivity index (χ0v) is 11.2. The van der Waals surface area contributed by atoms with Gasteiger partial charge in [-0.05, 0) is 48.7 Å². The van der Waals surface area contributed by atoms with Crippen molar-refractivity contribution in [3.05, 3.63) is 53.9 Å². The second-order valence-electron chi connectivity index (χ2n) is 5.02. The predicted octanol–water partition coefficient (Wildman–Crippen LogP) is 2.88. The first-order valence-corrected chi connectivity index (χ1v) is 6.76. The highest BCUT2D eigenvalue weighted by atomic mass is 15.2. The van der Waals surface area contributed by atoms with Gasteiger partial charge in [0.25, 0.3) is 0 Å². The Morgan fingerprint density at radius 2 is 2.05 bits per heavy atom. The highest BCUT2D eigenvalue weighted by Gasteiger charge is 2.26. The molecule has 0 aliphatic carbocycles. The van der Waals surface area contributed by atoms with E-state index in [0.717, 1.165) is 25.1 Å². The van der Waals surface area contributed by atoms with Crippen LogP contribution in [0.5, 0.6) is 0 Å². The van der Waals surface area contributed by atoms with Crippen LogP contribution in [0.1, 0.15) is 30.0 Å². The van der Waals surface area contributed by atoms with Gasteiger partial charge in [-0.15, -0.1) is 0 Å². The summed E-state index contributed by atoms with van der Waals surface area (Å²) in [5.41, 5.74) is 9.37. The molecule has 1 aromatic heterocycles. The van der Waals surface area contributed by atoms with E-state index in [9.17, 15) is 0 Å². The van der Waals surface area contributed by atoms with Gasteiger partial charge in [-0.1, -0.05) is 0 Å². The molecule has 4 heteroatoms. The summed E-state index contributed by atoms with van der Waals surface area (Å²) in [5, 5.41) is 8.95. The molecule has 1 unspecified atom stereocenters. The lowest BCUT2D eigenvalue weighted by Gasteiger charge is -2.27. The monoisotopic (exact) mass is 264 g/mol. The number of hydrogen-bond acceptors (Lipinski definition) is 4. The van der Waals surface area contributed by atoms with Crippen molar-refractivity contribution in [2.45, 2.75) is 18.9 Å². The minimum absolute atomic E-state index is 0.366. The molecule has 0 bridgehead atoms. The summed E-state index contributed by atoms with van der Waals surface area (Å²) >= 11 is 0. The molecule has 1 atom stereocenters. The highest BCUT2D eigenvalue weighted by molar-refractivity contribution is 5.64. The van der Waals surface area contributed by atoms with Crippen molar-refractivity contribution in [1.82, 2.24) is 4.98 Å². The van der Waals surface area contributed by atoms with E-state index in [-0.39, 0.29) is 0 Å². The molecule has 0 radical (unpaired) electrons. The van der Waals surface area contributed by atoms with Gasteiger partial charge in [-0.3, -0.25) is 4.98 Å². The topological polar surface area (TPSA) is 65.9 Å². The van der Waals surface area contributed by atoms with Crippen LogP contribution in [0.3, 0.4) is 0 Å². The standard InChI is InChI=1S/C16H16N4/c17-11-13-3-4-14(10-15(13)18)20-9-1-2-16(20)12-5-7-19-8-6-12/h3-8,10,16H,1-2,9,18H2. The Bertz CT molecular complexity index is 645. The molecule has 20 heavy (non-hydrogen) atoms. The molecule has 0 spiro atoms. The maximum Gasteiger partial charge on any atom is 0.101 e. The summed E-state index contributed by atoms with van der Waals surface area (Å²) in [4.78, 5) is 6.43. The molecule has 2 heterocycles. The van der Waals surface area contributed by atoms with Crippen LogP contribution >= 0.6 is 0 Å². The van der Waals surface area contributed by atoms with Crippen molar-refractivity contribution in [3.63, 3.8) is 0 Å². The fourth-order valence-corrected chi connectivity index (χ4v) is 2.84. The second-order valence-corrected chi connectivity index (χ2v) is 5.02. The molecular weight excluding hydrogens is 248 g/mol. The van der Waals surface area contributed by atoms with Gasteiger partial charge in [0.2, 0.25) is 0 Å². The normalized spacial score (nSPS) is 17.9. The molecule has 100 valence electrons. The minimum atomic E-state index is 0.366. The number of pyridine rings is 1. The summed E-state index contributed by atoms with van der Waals surface area (Å²) < 4.78 is 0. The lowest BCUT2D eigenvalue weighted by molar-refractivity contribution is 0.718. The summed E-state index contributed by atoms with van der Waals surface area (Å²) in [6.07, 6.45) is 5.95. The van der Waals surface area contributed by atoms with E-state index in [1.807, 2.05) is 24.5 Å². The molecular formula is C16H16N4. The number of nitrogens with two attached hydrogens (primary N) is 1. The average Bonchev–Trinajstić information content (AvgIpc) is 2.97. The van der Waals surface area contributed by atoms with Crippen molar-refractivity contribution < 1.29 is 0 Å². The van der Waals surface area contributed by atoms with Crippen LogP contribution in [-0.4, -0.2) is 11.5 Å². The number of nitrogens with zero attached hydrogens (tertiary/aromatic N) is 3.